The van der Waals surface area contributed by atoms with E-state index in [2.05, 4.69) is 35.1 Å². The van der Waals surface area contributed by atoms with Crippen LogP contribution in [-0.2, 0) is 4.74 Å². The number of benzene rings is 1. The van der Waals surface area contributed by atoms with Gasteiger partial charge in [0.05, 0.1) is 16.2 Å². The average Bonchev–Trinajstić information content (AvgIpc) is 2.43. The van der Waals surface area contributed by atoms with Crippen molar-refractivity contribution in [1.29, 1.82) is 0 Å². The second kappa shape index (κ2) is 6.22. The number of hydrogen-bond donors (Lipinski definition) is 2. The monoisotopic (exact) mass is 360 g/mol. The molecule has 3 nitrogen and oxygen atoms in total. The van der Waals surface area contributed by atoms with Crippen LogP contribution in [0.15, 0.2) is 22.7 Å². The zero-order chi connectivity index (χ0) is 14.8. The van der Waals surface area contributed by atoms with Crippen LogP contribution < -0.4 is 11.1 Å². The molecule has 3 N–H and O–H groups in total. The summed E-state index contributed by atoms with van der Waals surface area (Å²) in [7, 11) is 0. The molecular weight excluding hydrogens is 340 g/mol. The third kappa shape index (κ3) is 3.48. The van der Waals surface area contributed by atoms with Crippen molar-refractivity contribution >= 4 is 33.2 Å². The molecule has 1 saturated heterocycles. The molecule has 0 amide bonds. The Balaban J connectivity index is 2.20. The molecule has 2 atom stereocenters. The van der Waals surface area contributed by atoms with Gasteiger partial charge in [0.1, 0.15) is 0 Å². The second-order valence-electron chi connectivity index (χ2n) is 5.82. The fraction of sp³-hybridized carbons (Fsp3) is 0.600. The van der Waals surface area contributed by atoms with Crippen molar-refractivity contribution in [2.24, 2.45) is 5.73 Å². The standard InChI is InChI=1S/C15H22BrClN2O/c1-3-14(2)9-15(10-18,6-7-20-14)19-11-4-5-13(17)12(16)8-11/h4-5,8,19H,3,6-7,9-10,18H2,1-2H3. The highest BCUT2D eigenvalue weighted by Crippen LogP contribution is 2.37. The van der Waals surface area contributed by atoms with Crippen molar-refractivity contribution in [2.45, 2.75) is 44.2 Å². The Morgan fingerprint density at radius 1 is 1.50 bits per heavy atom. The normalized spacial score (nSPS) is 30.2. The maximum atomic E-state index is 6.07. The Labute approximate surface area is 134 Å². The fourth-order valence-electron chi connectivity index (χ4n) is 2.79. The van der Waals surface area contributed by atoms with Crippen molar-refractivity contribution < 1.29 is 4.74 Å². The van der Waals surface area contributed by atoms with E-state index in [0.29, 0.717) is 11.6 Å². The number of anilines is 1. The molecule has 0 spiro atoms. The van der Waals surface area contributed by atoms with Crippen molar-refractivity contribution in [2.75, 3.05) is 18.5 Å². The molecule has 1 aromatic carbocycles. The molecule has 0 saturated carbocycles. The van der Waals surface area contributed by atoms with Crippen LogP contribution in [0.1, 0.15) is 33.1 Å². The molecule has 5 heteroatoms. The number of rotatable bonds is 4. The largest absolute Gasteiger partial charge is 0.378 e. The third-order valence-electron chi connectivity index (χ3n) is 4.21. The quantitative estimate of drug-likeness (QED) is 0.845. The van der Waals surface area contributed by atoms with Gasteiger partial charge in [0.15, 0.2) is 0 Å². The Morgan fingerprint density at radius 2 is 2.25 bits per heavy atom. The van der Waals surface area contributed by atoms with Crippen LogP contribution >= 0.6 is 27.5 Å². The Kier molecular flexibility index (Phi) is 5.00. The number of nitrogens with one attached hydrogen (secondary N) is 1. The van der Waals surface area contributed by atoms with Crippen LogP contribution in [0.4, 0.5) is 5.69 Å². The zero-order valence-corrected chi connectivity index (χ0v) is 14.4. The van der Waals surface area contributed by atoms with Gasteiger partial charge in [0.2, 0.25) is 0 Å². The summed E-state index contributed by atoms with van der Waals surface area (Å²) in [5.41, 5.74) is 6.89. The Hall–Kier alpha value is -0.290. The van der Waals surface area contributed by atoms with Crippen molar-refractivity contribution in [1.82, 2.24) is 0 Å². The van der Waals surface area contributed by atoms with Gasteiger partial charge in [-0.15, -0.1) is 0 Å². The molecular formula is C15H22BrClN2O. The van der Waals surface area contributed by atoms with Crippen LogP contribution in [0, 0.1) is 0 Å². The van der Waals surface area contributed by atoms with E-state index in [0.717, 1.165) is 36.0 Å². The molecule has 1 aliphatic rings. The molecule has 112 valence electrons. The van der Waals surface area contributed by atoms with Gasteiger partial charge in [0, 0.05) is 29.7 Å². The average molecular weight is 362 g/mol. The summed E-state index contributed by atoms with van der Waals surface area (Å²) in [4.78, 5) is 0. The predicted molar refractivity (Wildman–Crippen MR) is 88.4 cm³/mol. The molecule has 2 unspecified atom stereocenters. The molecule has 0 radical (unpaired) electrons. The lowest BCUT2D eigenvalue weighted by Gasteiger charge is -2.46. The lowest BCUT2D eigenvalue weighted by molar-refractivity contribution is -0.0882. The van der Waals surface area contributed by atoms with Gasteiger partial charge >= 0.3 is 0 Å². The lowest BCUT2D eigenvalue weighted by Crippen LogP contribution is -2.55. The minimum Gasteiger partial charge on any atom is -0.378 e. The van der Waals surface area contributed by atoms with E-state index in [1.165, 1.54) is 0 Å². The smallest absolute Gasteiger partial charge is 0.0674 e. The van der Waals surface area contributed by atoms with Crippen LogP contribution in [0.2, 0.25) is 5.02 Å². The molecule has 2 rings (SSSR count). The first-order valence-electron chi connectivity index (χ1n) is 6.99. The van der Waals surface area contributed by atoms with E-state index in [1.807, 2.05) is 18.2 Å². The number of ether oxygens (including phenoxy) is 1. The Morgan fingerprint density at radius 3 is 2.85 bits per heavy atom. The maximum Gasteiger partial charge on any atom is 0.0674 e. The number of hydrogen-bond acceptors (Lipinski definition) is 3. The summed E-state index contributed by atoms with van der Waals surface area (Å²) in [5, 5.41) is 4.32. The highest BCUT2D eigenvalue weighted by atomic mass is 79.9. The second-order valence-corrected chi connectivity index (χ2v) is 7.08. The van der Waals surface area contributed by atoms with Crippen LogP contribution in [-0.4, -0.2) is 24.3 Å². The van der Waals surface area contributed by atoms with Gasteiger partial charge in [-0.1, -0.05) is 18.5 Å². The van der Waals surface area contributed by atoms with Crippen molar-refractivity contribution in [3.8, 4) is 0 Å². The van der Waals surface area contributed by atoms with E-state index in [4.69, 9.17) is 22.1 Å². The Bertz CT molecular complexity index is 485. The summed E-state index contributed by atoms with van der Waals surface area (Å²) >= 11 is 9.50. The highest BCUT2D eigenvalue weighted by Gasteiger charge is 2.41. The fourth-order valence-corrected chi connectivity index (χ4v) is 3.28. The van der Waals surface area contributed by atoms with E-state index >= 15 is 0 Å². The van der Waals surface area contributed by atoms with Gasteiger partial charge < -0.3 is 15.8 Å². The first kappa shape index (κ1) is 16.1. The molecule has 0 aliphatic carbocycles. The molecule has 1 fully saturated rings. The van der Waals surface area contributed by atoms with Crippen LogP contribution in [0.5, 0.6) is 0 Å². The van der Waals surface area contributed by atoms with Crippen LogP contribution in [0.3, 0.4) is 0 Å². The number of nitrogens with two attached hydrogens (primary N) is 1. The highest BCUT2D eigenvalue weighted by molar-refractivity contribution is 9.10. The summed E-state index contributed by atoms with van der Waals surface area (Å²) in [6.07, 6.45) is 2.81. The predicted octanol–water partition coefficient (Wildman–Crippen LogP) is 4.19. The van der Waals surface area contributed by atoms with Crippen LogP contribution in [0.25, 0.3) is 0 Å². The summed E-state index contributed by atoms with van der Waals surface area (Å²) in [6, 6.07) is 5.87. The van der Waals surface area contributed by atoms with Gasteiger partial charge in [-0.25, -0.2) is 0 Å². The third-order valence-corrected chi connectivity index (χ3v) is 5.43. The lowest BCUT2D eigenvalue weighted by atomic mass is 9.79. The minimum absolute atomic E-state index is 0.103. The zero-order valence-electron chi connectivity index (χ0n) is 12.0. The van der Waals surface area contributed by atoms with Crippen molar-refractivity contribution in [3.05, 3.63) is 27.7 Å². The molecule has 20 heavy (non-hydrogen) atoms. The summed E-state index contributed by atoms with van der Waals surface area (Å²) in [6.45, 7) is 5.65. The molecule has 0 bridgehead atoms. The van der Waals surface area contributed by atoms with E-state index in [9.17, 15) is 0 Å². The first-order chi connectivity index (χ1) is 9.42. The molecule has 1 aromatic rings. The van der Waals surface area contributed by atoms with Gasteiger partial charge in [-0.05, 0) is 53.9 Å². The van der Waals surface area contributed by atoms with Gasteiger partial charge in [-0.2, -0.15) is 0 Å². The maximum absolute atomic E-state index is 6.07. The first-order valence-corrected chi connectivity index (χ1v) is 8.16. The van der Waals surface area contributed by atoms with E-state index < -0.39 is 0 Å². The van der Waals surface area contributed by atoms with Gasteiger partial charge in [0.25, 0.3) is 0 Å². The summed E-state index contributed by atoms with van der Waals surface area (Å²) in [5.74, 6) is 0. The molecule has 0 aromatic heterocycles. The van der Waals surface area contributed by atoms with E-state index in [-0.39, 0.29) is 11.1 Å². The molecule has 1 heterocycles. The van der Waals surface area contributed by atoms with Gasteiger partial charge in [-0.3, -0.25) is 0 Å². The topological polar surface area (TPSA) is 47.3 Å². The SMILES string of the molecule is CCC1(C)CC(CN)(Nc2ccc(Cl)c(Br)c2)CCO1. The van der Waals surface area contributed by atoms with Crippen molar-refractivity contribution in [3.63, 3.8) is 0 Å². The molecule has 1 aliphatic heterocycles. The number of halogens is 2. The van der Waals surface area contributed by atoms with E-state index in [1.54, 1.807) is 0 Å². The summed E-state index contributed by atoms with van der Waals surface area (Å²) < 4.78 is 6.82. The minimum atomic E-state index is -0.115.